The number of thiophene rings is 2. The predicted octanol–water partition coefficient (Wildman–Crippen LogP) is 3.71. The summed E-state index contributed by atoms with van der Waals surface area (Å²) in [6, 6.07) is 3.32. The third-order valence-corrected chi connectivity index (χ3v) is 7.97. The number of carbonyl (C=O) groups excluding carboxylic acids is 2. The Labute approximate surface area is 186 Å². The Morgan fingerprint density at radius 2 is 2.13 bits per heavy atom. The number of H-pyrrole nitrogens is 1. The van der Waals surface area contributed by atoms with Crippen LogP contribution in [0.2, 0.25) is 0 Å². The zero-order valence-corrected chi connectivity index (χ0v) is 19.6. The number of nitrogens with one attached hydrogen (secondary N) is 2. The van der Waals surface area contributed by atoms with Gasteiger partial charge in [-0.15, -0.1) is 34.4 Å². The lowest BCUT2D eigenvalue weighted by Crippen LogP contribution is -2.35. The summed E-state index contributed by atoms with van der Waals surface area (Å²) in [7, 11) is 1.33. The maximum absolute atomic E-state index is 12.7. The first-order valence-corrected chi connectivity index (χ1v) is 12.1. The van der Waals surface area contributed by atoms with E-state index in [0.717, 1.165) is 20.1 Å². The Morgan fingerprint density at radius 3 is 2.80 bits per heavy atom. The molecule has 30 heavy (non-hydrogen) atoms. The fraction of sp³-hybridized carbons (Fsp3) is 0.400. The lowest BCUT2D eigenvalue weighted by atomic mass is 10.1. The van der Waals surface area contributed by atoms with Gasteiger partial charge >= 0.3 is 5.97 Å². The van der Waals surface area contributed by atoms with Crippen LogP contribution in [0.1, 0.15) is 40.5 Å². The molecule has 3 rings (SSSR count). The van der Waals surface area contributed by atoms with Gasteiger partial charge in [-0.25, -0.2) is 4.98 Å². The number of hydrogen-bond acceptors (Lipinski definition) is 8. The van der Waals surface area contributed by atoms with E-state index in [1.54, 1.807) is 6.92 Å². The number of aromatic nitrogens is 2. The molecule has 0 saturated heterocycles. The number of fused-ring (bicyclic) bond motifs is 1. The summed E-state index contributed by atoms with van der Waals surface area (Å²) in [5.74, 6) is 0.373. The molecule has 0 aliphatic carbocycles. The number of rotatable bonds is 8. The van der Waals surface area contributed by atoms with Crippen LogP contribution in [0, 0.1) is 13.8 Å². The molecule has 0 spiro atoms. The van der Waals surface area contributed by atoms with E-state index in [-0.39, 0.29) is 23.9 Å². The molecule has 0 fully saturated rings. The molecule has 160 valence electrons. The quantitative estimate of drug-likeness (QED) is 0.492. The van der Waals surface area contributed by atoms with Crippen LogP contribution in [-0.4, -0.2) is 34.2 Å². The third-order valence-electron chi connectivity index (χ3n) is 4.73. The molecule has 2 atom stereocenters. The van der Waals surface area contributed by atoms with Gasteiger partial charge in [0, 0.05) is 9.75 Å². The number of amides is 1. The summed E-state index contributed by atoms with van der Waals surface area (Å²) in [6.07, 6.45) is 0.0722. The molecule has 0 aliphatic heterocycles. The second-order valence-electron chi connectivity index (χ2n) is 6.79. The minimum absolute atomic E-state index is 0.0722. The molecule has 3 aromatic rings. The third kappa shape index (κ3) is 5.11. The molecule has 0 aromatic carbocycles. The second-order valence-corrected chi connectivity index (χ2v) is 10.3. The zero-order valence-electron chi connectivity index (χ0n) is 17.1. The molecule has 0 bridgehead atoms. The SMILES string of the molecule is COC(=O)CC(NC(=O)C(C)SCc1nc2sc(C)c(C)c2c(=O)[nH]1)c1cccs1. The molecule has 10 heteroatoms. The number of carbonyl (C=O) groups is 2. The van der Waals surface area contributed by atoms with Crippen molar-refractivity contribution in [3.8, 4) is 0 Å². The highest BCUT2D eigenvalue weighted by atomic mass is 32.2. The van der Waals surface area contributed by atoms with Gasteiger partial charge in [-0.3, -0.25) is 14.4 Å². The van der Waals surface area contributed by atoms with E-state index in [0.29, 0.717) is 17.0 Å². The van der Waals surface area contributed by atoms with E-state index in [1.165, 1.54) is 41.5 Å². The Morgan fingerprint density at radius 1 is 1.37 bits per heavy atom. The fourth-order valence-electron chi connectivity index (χ4n) is 2.90. The topological polar surface area (TPSA) is 101 Å². The van der Waals surface area contributed by atoms with Crippen LogP contribution >= 0.6 is 34.4 Å². The number of nitrogens with zero attached hydrogens (tertiary/aromatic N) is 1. The van der Waals surface area contributed by atoms with E-state index in [2.05, 4.69) is 15.3 Å². The number of ether oxygens (including phenoxy) is 1. The van der Waals surface area contributed by atoms with Gasteiger partial charge < -0.3 is 15.0 Å². The van der Waals surface area contributed by atoms with Crippen LogP contribution in [0.4, 0.5) is 0 Å². The Kier molecular flexibility index (Phi) is 7.32. The van der Waals surface area contributed by atoms with Crippen molar-refractivity contribution in [2.75, 3.05) is 7.11 Å². The molecule has 0 aliphatic rings. The first-order valence-electron chi connectivity index (χ1n) is 9.31. The smallest absolute Gasteiger partial charge is 0.307 e. The highest BCUT2D eigenvalue weighted by Crippen LogP contribution is 2.27. The average Bonchev–Trinajstić information content (AvgIpc) is 3.34. The largest absolute Gasteiger partial charge is 0.469 e. The molecule has 0 radical (unpaired) electrons. The molecule has 3 aromatic heterocycles. The zero-order chi connectivity index (χ0) is 21.8. The number of hydrogen-bond donors (Lipinski definition) is 2. The Balaban J connectivity index is 1.65. The van der Waals surface area contributed by atoms with Crippen molar-refractivity contribution >= 4 is 56.5 Å². The Hall–Kier alpha value is -2.17. The summed E-state index contributed by atoms with van der Waals surface area (Å²) in [6.45, 7) is 5.68. The summed E-state index contributed by atoms with van der Waals surface area (Å²) < 4.78 is 4.75. The maximum Gasteiger partial charge on any atom is 0.307 e. The highest BCUT2D eigenvalue weighted by Gasteiger charge is 2.23. The first-order chi connectivity index (χ1) is 14.3. The van der Waals surface area contributed by atoms with Crippen molar-refractivity contribution in [3.05, 3.63) is 49.0 Å². The molecule has 2 N–H and O–H groups in total. The normalized spacial score (nSPS) is 13.2. The molecule has 2 unspecified atom stereocenters. The number of methoxy groups -OCH3 is 1. The molecule has 0 saturated carbocycles. The summed E-state index contributed by atoms with van der Waals surface area (Å²) in [5, 5.41) is 5.08. The van der Waals surface area contributed by atoms with Gasteiger partial charge in [-0.1, -0.05) is 6.07 Å². The Bertz CT molecular complexity index is 1100. The van der Waals surface area contributed by atoms with Crippen LogP contribution < -0.4 is 10.9 Å². The van der Waals surface area contributed by atoms with Gasteiger partial charge in [0.25, 0.3) is 5.56 Å². The van der Waals surface area contributed by atoms with Crippen molar-refractivity contribution < 1.29 is 14.3 Å². The fourth-order valence-corrected chi connectivity index (χ4v) is 5.49. The van der Waals surface area contributed by atoms with Crippen molar-refractivity contribution in [2.45, 2.75) is 44.2 Å². The predicted molar refractivity (Wildman–Crippen MR) is 122 cm³/mol. The number of aromatic amines is 1. The van der Waals surface area contributed by atoms with Crippen LogP contribution in [0.25, 0.3) is 10.2 Å². The molecular formula is C20H23N3O4S3. The second kappa shape index (κ2) is 9.76. The molecule has 1 amide bonds. The van der Waals surface area contributed by atoms with Crippen molar-refractivity contribution in [2.24, 2.45) is 0 Å². The number of thioether (sulfide) groups is 1. The van der Waals surface area contributed by atoms with Gasteiger partial charge in [0.15, 0.2) is 0 Å². The van der Waals surface area contributed by atoms with Gasteiger partial charge in [-0.2, -0.15) is 0 Å². The van der Waals surface area contributed by atoms with Crippen LogP contribution in [0.15, 0.2) is 22.3 Å². The van der Waals surface area contributed by atoms with E-state index in [1.807, 2.05) is 31.4 Å². The van der Waals surface area contributed by atoms with Gasteiger partial charge in [-0.05, 0) is 37.8 Å². The van der Waals surface area contributed by atoms with Gasteiger partial charge in [0.1, 0.15) is 10.7 Å². The van der Waals surface area contributed by atoms with Crippen LogP contribution in [0.3, 0.4) is 0 Å². The minimum Gasteiger partial charge on any atom is -0.469 e. The standard InChI is InChI=1S/C20H23N3O4S3/c1-10-11(2)30-20-17(10)19(26)22-15(23-20)9-29-12(3)18(25)21-13(8-16(24)27-4)14-6-5-7-28-14/h5-7,12-13H,8-9H2,1-4H3,(H,21,25)(H,22,23,26). The lowest BCUT2D eigenvalue weighted by molar-refractivity contribution is -0.141. The lowest BCUT2D eigenvalue weighted by Gasteiger charge is -2.19. The summed E-state index contributed by atoms with van der Waals surface area (Å²) in [4.78, 5) is 46.9. The van der Waals surface area contributed by atoms with Crippen LogP contribution in [0.5, 0.6) is 0 Å². The van der Waals surface area contributed by atoms with Crippen molar-refractivity contribution in [3.63, 3.8) is 0 Å². The minimum atomic E-state index is -0.431. The van der Waals surface area contributed by atoms with Crippen molar-refractivity contribution in [1.82, 2.24) is 15.3 Å². The summed E-state index contributed by atoms with van der Waals surface area (Å²) in [5.41, 5.74) is 0.811. The average molecular weight is 466 g/mol. The summed E-state index contributed by atoms with van der Waals surface area (Å²) >= 11 is 4.35. The highest BCUT2D eigenvalue weighted by molar-refractivity contribution is 7.99. The number of esters is 1. The molecule has 7 nitrogen and oxygen atoms in total. The maximum atomic E-state index is 12.7. The molecular weight excluding hydrogens is 442 g/mol. The number of aryl methyl sites for hydroxylation is 2. The van der Waals surface area contributed by atoms with Gasteiger partial charge in [0.05, 0.1) is 36.0 Å². The first kappa shape index (κ1) is 22.5. The van der Waals surface area contributed by atoms with Crippen molar-refractivity contribution in [1.29, 1.82) is 0 Å². The van der Waals surface area contributed by atoms with Crippen LogP contribution in [-0.2, 0) is 20.1 Å². The van der Waals surface area contributed by atoms with E-state index in [9.17, 15) is 14.4 Å². The van der Waals surface area contributed by atoms with E-state index in [4.69, 9.17) is 4.74 Å². The monoisotopic (exact) mass is 465 g/mol. The van der Waals surface area contributed by atoms with E-state index < -0.39 is 11.3 Å². The van der Waals surface area contributed by atoms with Gasteiger partial charge in [0.2, 0.25) is 5.91 Å². The van der Waals surface area contributed by atoms with E-state index >= 15 is 0 Å². The molecule has 3 heterocycles.